The molecule has 3 aliphatic carbocycles. The van der Waals surface area contributed by atoms with E-state index in [-0.39, 0.29) is 18.4 Å². The van der Waals surface area contributed by atoms with Crippen LogP contribution in [-0.4, -0.2) is 71.6 Å². The Bertz CT molecular complexity index is 1410. The molecule has 1 aromatic rings. The van der Waals surface area contributed by atoms with E-state index in [0.717, 1.165) is 6.07 Å². The number of allylic oxidation sites excluding steroid dienone is 1. The number of aliphatic hydroxyl groups is 3. The average Bonchev–Trinajstić information content (AvgIpc) is 2.75. The van der Waals surface area contributed by atoms with Gasteiger partial charge in [0, 0.05) is 17.1 Å². The predicted molar refractivity (Wildman–Crippen MR) is 122 cm³/mol. The Morgan fingerprint density at radius 3 is 2.43 bits per heavy atom. The van der Waals surface area contributed by atoms with Crippen LogP contribution in [0.25, 0.3) is 0 Å². The number of carbonyl (C=O) groups excluding carboxylic acids is 2. The van der Waals surface area contributed by atoms with Crippen LogP contribution in [0.5, 0.6) is 5.75 Å². The van der Waals surface area contributed by atoms with Gasteiger partial charge in [0.15, 0.2) is 17.1 Å². The monoisotopic (exact) mass is 544 g/mol. The third kappa shape index (κ3) is 3.73. The van der Waals surface area contributed by atoms with Gasteiger partial charge in [0.2, 0.25) is 0 Å². The van der Waals surface area contributed by atoms with E-state index in [4.69, 9.17) is 5.73 Å². The molecule has 1 amide bonds. The maximum absolute atomic E-state index is 13.6. The number of nitrogens with zero attached hydrogens (tertiary/aromatic N) is 1. The molecule has 0 aromatic heterocycles. The minimum atomic E-state index is -6.12. The second kappa shape index (κ2) is 8.33. The summed E-state index contributed by atoms with van der Waals surface area (Å²) in [6.45, 7) is 3.65. The Morgan fingerprint density at radius 2 is 1.89 bits per heavy atom. The number of hydrogen-bond donors (Lipinski definition) is 4. The minimum absolute atomic E-state index is 0.0228. The fraction of sp³-hybridized carbons (Fsp3) is 0.391. The molecule has 4 rings (SSSR count). The minimum Gasteiger partial charge on any atom is -0.510 e. The largest absolute Gasteiger partial charge is 0.534 e. The molecule has 0 radical (unpaired) electrons. The van der Waals surface area contributed by atoms with Gasteiger partial charge < -0.3 is 25.2 Å². The number of primary amides is 1. The van der Waals surface area contributed by atoms with Crippen LogP contribution >= 0.6 is 0 Å². The number of rotatable bonds is 4. The first-order chi connectivity index (χ1) is 16.9. The molecule has 10 nitrogen and oxygen atoms in total. The van der Waals surface area contributed by atoms with Crippen molar-refractivity contribution in [1.29, 1.82) is 0 Å². The standard InChI is InChI=1S/C23H23F3N2O8S/c1-9-14(21(27)32)19(30)17(28(2)3)12-8-11-7-10-5-4-6-13(36-37(34,35)23(24,25)26)15(10)18(29)16(11)20(31)22(9,12)33/h4-6,11-12,17,30-31,33H,1,7-8H2,2-3H3,(H2,27,32)/t11?,12?,17-,22-/m0/s1. The summed E-state index contributed by atoms with van der Waals surface area (Å²) in [5.74, 6) is -6.27. The van der Waals surface area contributed by atoms with Crippen molar-refractivity contribution in [2.75, 3.05) is 14.1 Å². The zero-order chi connectivity index (χ0) is 27.8. The van der Waals surface area contributed by atoms with Crippen molar-refractivity contribution in [1.82, 2.24) is 4.90 Å². The lowest BCUT2D eigenvalue weighted by Gasteiger charge is -2.52. The van der Waals surface area contributed by atoms with Crippen molar-refractivity contribution >= 4 is 21.8 Å². The van der Waals surface area contributed by atoms with Crippen LogP contribution in [0.1, 0.15) is 22.3 Å². The van der Waals surface area contributed by atoms with Gasteiger partial charge in [-0.05, 0) is 44.5 Å². The number of carbonyl (C=O) groups is 2. The van der Waals surface area contributed by atoms with Crippen LogP contribution in [-0.2, 0) is 21.3 Å². The number of ketones is 1. The number of halogens is 3. The highest BCUT2D eigenvalue weighted by atomic mass is 32.2. The number of hydrogen-bond acceptors (Lipinski definition) is 9. The summed E-state index contributed by atoms with van der Waals surface area (Å²) >= 11 is 0. The molecule has 0 spiro atoms. The first kappa shape index (κ1) is 26.7. The van der Waals surface area contributed by atoms with Crippen LogP contribution < -0.4 is 9.92 Å². The highest BCUT2D eigenvalue weighted by molar-refractivity contribution is 7.88. The first-order valence-corrected chi connectivity index (χ1v) is 12.3. The first-order valence-electron chi connectivity index (χ1n) is 10.9. The Hall–Kier alpha value is -3.36. The van der Waals surface area contributed by atoms with Crippen LogP contribution in [0.4, 0.5) is 13.2 Å². The average molecular weight is 545 g/mol. The molecule has 1 aromatic carbocycles. The number of likely N-dealkylation sites (N-methyl/N-ethyl adjacent to an activating group) is 1. The fourth-order valence-electron chi connectivity index (χ4n) is 5.57. The molecule has 0 saturated heterocycles. The molecule has 2 unspecified atom stereocenters. The maximum Gasteiger partial charge on any atom is 0.534 e. The summed E-state index contributed by atoms with van der Waals surface area (Å²) in [5, 5.41) is 33.9. The van der Waals surface area contributed by atoms with Gasteiger partial charge in [-0.1, -0.05) is 18.7 Å². The van der Waals surface area contributed by atoms with Crippen LogP contribution in [0.2, 0.25) is 0 Å². The summed E-state index contributed by atoms with van der Waals surface area (Å²) in [4.78, 5) is 27.2. The summed E-state index contributed by atoms with van der Waals surface area (Å²) in [5.41, 5.74) is -4.54. The topological polar surface area (TPSA) is 167 Å². The molecule has 0 saturated carbocycles. The lowest BCUT2D eigenvalue weighted by molar-refractivity contribution is -0.115. The van der Waals surface area contributed by atoms with Gasteiger partial charge in [0.1, 0.15) is 11.5 Å². The van der Waals surface area contributed by atoms with Gasteiger partial charge in [-0.2, -0.15) is 21.6 Å². The van der Waals surface area contributed by atoms with E-state index in [1.807, 2.05) is 0 Å². The summed E-state index contributed by atoms with van der Waals surface area (Å²) in [6, 6.07) is 2.47. The van der Waals surface area contributed by atoms with Crippen molar-refractivity contribution in [3.63, 3.8) is 0 Å². The predicted octanol–water partition coefficient (Wildman–Crippen LogP) is 1.63. The molecule has 0 bridgehead atoms. The van der Waals surface area contributed by atoms with E-state index >= 15 is 0 Å². The zero-order valence-electron chi connectivity index (χ0n) is 19.5. The number of amides is 1. The Morgan fingerprint density at radius 1 is 1.27 bits per heavy atom. The van der Waals surface area contributed by atoms with Crippen LogP contribution in [0, 0.1) is 11.8 Å². The van der Waals surface area contributed by atoms with Gasteiger partial charge in [0.05, 0.1) is 17.2 Å². The number of fused-ring (bicyclic) bond motifs is 3. The fourth-order valence-corrected chi connectivity index (χ4v) is 6.04. The number of aliphatic hydroxyl groups excluding tert-OH is 2. The number of nitrogens with two attached hydrogens (primary N) is 1. The number of benzene rings is 1. The summed E-state index contributed by atoms with van der Waals surface area (Å²) in [6.07, 6.45) is -0.0545. The van der Waals surface area contributed by atoms with Gasteiger partial charge in [-0.25, -0.2) is 0 Å². The highest BCUT2D eigenvalue weighted by Gasteiger charge is 2.60. The molecule has 14 heteroatoms. The lowest BCUT2D eigenvalue weighted by Crippen LogP contribution is -2.60. The molecule has 0 fully saturated rings. The normalized spacial score (nSPS) is 28.1. The molecule has 3 aliphatic rings. The molecule has 4 atom stereocenters. The van der Waals surface area contributed by atoms with E-state index < -0.39 is 90.3 Å². The molecule has 0 aliphatic heterocycles. The Labute approximate surface area is 209 Å². The highest BCUT2D eigenvalue weighted by Crippen LogP contribution is 2.55. The van der Waals surface area contributed by atoms with E-state index in [1.165, 1.54) is 17.0 Å². The van der Waals surface area contributed by atoms with Crippen molar-refractivity contribution in [3.05, 3.63) is 64.1 Å². The molecule has 200 valence electrons. The Balaban J connectivity index is 1.91. The van der Waals surface area contributed by atoms with E-state index in [0.29, 0.717) is 0 Å². The van der Waals surface area contributed by atoms with E-state index in [2.05, 4.69) is 10.8 Å². The van der Waals surface area contributed by atoms with Crippen molar-refractivity contribution in [2.45, 2.75) is 30.0 Å². The van der Waals surface area contributed by atoms with E-state index in [9.17, 15) is 46.5 Å². The van der Waals surface area contributed by atoms with Crippen LogP contribution in [0.15, 0.2) is 53.0 Å². The van der Waals surface area contributed by atoms with Gasteiger partial charge in [-0.15, -0.1) is 0 Å². The Kier molecular flexibility index (Phi) is 6.01. The second-order valence-electron chi connectivity index (χ2n) is 9.39. The molecule has 37 heavy (non-hydrogen) atoms. The quantitative estimate of drug-likeness (QED) is 0.325. The third-order valence-corrected chi connectivity index (χ3v) is 8.08. The van der Waals surface area contributed by atoms with Crippen molar-refractivity contribution in [3.8, 4) is 5.75 Å². The summed E-state index contributed by atoms with van der Waals surface area (Å²) in [7, 11) is -3.01. The smallest absolute Gasteiger partial charge is 0.510 e. The SMILES string of the molecule is C=C1C(C(N)=O)=C(O)[C@@H](N(C)C)C2CC3Cc4cccc(OS(=O)(=O)C(F)(F)F)c4C(=O)C3=C(O)[C@]12O. The lowest BCUT2D eigenvalue weighted by atomic mass is 9.58. The molecular weight excluding hydrogens is 521 g/mol. The zero-order valence-corrected chi connectivity index (χ0v) is 20.4. The van der Waals surface area contributed by atoms with Gasteiger partial charge in [0.25, 0.3) is 5.91 Å². The second-order valence-corrected chi connectivity index (χ2v) is 10.9. The van der Waals surface area contributed by atoms with Crippen molar-refractivity contribution < 1.29 is 50.7 Å². The third-order valence-electron chi connectivity index (χ3n) is 7.11. The van der Waals surface area contributed by atoms with Gasteiger partial charge in [-0.3, -0.25) is 14.5 Å². The van der Waals surface area contributed by atoms with Crippen LogP contribution in [0.3, 0.4) is 0 Å². The maximum atomic E-state index is 13.6. The molecule has 0 heterocycles. The molecule has 5 N–H and O–H groups in total. The number of alkyl halides is 3. The van der Waals surface area contributed by atoms with Gasteiger partial charge >= 0.3 is 15.6 Å². The molecular formula is C23H23F3N2O8S. The number of Topliss-reactive ketones (excluding diaryl/α,β-unsaturated/α-hetero) is 1. The van der Waals surface area contributed by atoms with Crippen molar-refractivity contribution in [2.24, 2.45) is 17.6 Å². The summed E-state index contributed by atoms with van der Waals surface area (Å²) < 4.78 is 66.3. The van der Waals surface area contributed by atoms with E-state index in [1.54, 1.807) is 14.1 Å².